The number of rotatable bonds is 6. The number of cyclic esters (lactones) is 1. The summed E-state index contributed by atoms with van der Waals surface area (Å²) in [5, 5.41) is 0. The van der Waals surface area contributed by atoms with Crippen molar-refractivity contribution in [2.24, 2.45) is 0 Å². The summed E-state index contributed by atoms with van der Waals surface area (Å²) in [4.78, 5) is 23.7. The number of carbonyl (C=O) groups excluding carboxylic acids is 2. The van der Waals surface area contributed by atoms with Crippen molar-refractivity contribution in [1.29, 1.82) is 0 Å². The number of benzene rings is 2. The molecule has 1 saturated heterocycles. The number of sulfonamides is 1. The second-order valence-corrected chi connectivity index (χ2v) is 7.88. The summed E-state index contributed by atoms with van der Waals surface area (Å²) in [6.45, 7) is 1.97. The molecule has 1 fully saturated rings. The predicted octanol–water partition coefficient (Wildman–Crippen LogP) is 1.95. The Morgan fingerprint density at radius 3 is 2.63 bits per heavy atom. The normalized spacial score (nSPS) is 16.8. The van der Waals surface area contributed by atoms with Crippen LogP contribution in [0.2, 0.25) is 0 Å². The largest absolute Gasteiger partial charge is 0.463 e. The molecule has 1 atom stereocenters. The van der Waals surface area contributed by atoms with E-state index in [1.165, 1.54) is 18.2 Å². The molecule has 3 rings (SSSR count). The molecule has 1 aliphatic heterocycles. The summed E-state index contributed by atoms with van der Waals surface area (Å²) < 4.78 is 37.7. The van der Waals surface area contributed by atoms with Gasteiger partial charge in [-0.15, -0.1) is 0 Å². The molecule has 8 heteroatoms. The minimum Gasteiger partial charge on any atom is -0.463 e. The summed E-state index contributed by atoms with van der Waals surface area (Å²) in [5.74, 6) is -1.36. The lowest BCUT2D eigenvalue weighted by molar-refractivity contribution is -0.145. The molecule has 27 heavy (non-hydrogen) atoms. The summed E-state index contributed by atoms with van der Waals surface area (Å²) in [7, 11) is -3.83. The third-order valence-electron chi connectivity index (χ3n) is 4.16. The monoisotopic (exact) mass is 389 g/mol. The van der Waals surface area contributed by atoms with Gasteiger partial charge in [0, 0.05) is 13.0 Å². The van der Waals surface area contributed by atoms with Crippen LogP contribution in [-0.2, 0) is 30.8 Å². The molecule has 0 radical (unpaired) electrons. The first-order valence-corrected chi connectivity index (χ1v) is 9.87. The molecule has 1 aliphatic rings. The Labute approximate surface area is 157 Å². The number of aryl methyl sites for hydroxylation is 1. The molecule has 0 amide bonds. The zero-order chi connectivity index (χ0) is 19.4. The molecule has 7 nitrogen and oxygen atoms in total. The summed E-state index contributed by atoms with van der Waals surface area (Å²) in [5.41, 5.74) is 1.36. The number of esters is 2. The van der Waals surface area contributed by atoms with E-state index in [2.05, 4.69) is 4.72 Å². The highest BCUT2D eigenvalue weighted by atomic mass is 32.2. The molecule has 2 aromatic rings. The highest BCUT2D eigenvalue weighted by Crippen LogP contribution is 2.20. The Kier molecular flexibility index (Phi) is 5.57. The van der Waals surface area contributed by atoms with Gasteiger partial charge in [-0.1, -0.05) is 36.4 Å². The van der Waals surface area contributed by atoms with Crippen molar-refractivity contribution in [1.82, 2.24) is 4.72 Å². The van der Waals surface area contributed by atoms with Crippen LogP contribution < -0.4 is 4.72 Å². The van der Waals surface area contributed by atoms with Gasteiger partial charge in [0.1, 0.15) is 0 Å². The van der Waals surface area contributed by atoms with Gasteiger partial charge in [-0.2, -0.15) is 0 Å². The molecule has 0 bridgehead atoms. The lowest BCUT2D eigenvalue weighted by Crippen LogP contribution is -2.25. The van der Waals surface area contributed by atoms with Crippen LogP contribution in [0.25, 0.3) is 0 Å². The van der Waals surface area contributed by atoms with E-state index in [1.54, 1.807) is 6.92 Å². The number of hydrogen-bond donors (Lipinski definition) is 1. The number of carbonyl (C=O) groups is 2. The van der Waals surface area contributed by atoms with Gasteiger partial charge in [0.2, 0.25) is 16.1 Å². The van der Waals surface area contributed by atoms with Gasteiger partial charge in [-0.25, -0.2) is 22.7 Å². The van der Waals surface area contributed by atoms with Crippen LogP contribution in [0.15, 0.2) is 53.4 Å². The van der Waals surface area contributed by atoms with Gasteiger partial charge in [-0.05, 0) is 30.2 Å². The van der Waals surface area contributed by atoms with Crippen molar-refractivity contribution < 1.29 is 27.5 Å². The maximum Gasteiger partial charge on any atom is 0.347 e. The molecular weight excluding hydrogens is 370 g/mol. The van der Waals surface area contributed by atoms with E-state index in [4.69, 9.17) is 9.47 Å². The standard InChI is InChI=1S/C19H19NO6S/c1-13-7-8-15(18(21)26-16-9-10-25-19(16)22)11-17(13)27(23,24)20-12-14-5-3-2-4-6-14/h2-8,11,16,20H,9-10,12H2,1H3/t16-/m1/s1. The molecule has 2 aromatic carbocycles. The minimum atomic E-state index is -3.83. The zero-order valence-electron chi connectivity index (χ0n) is 14.7. The smallest absolute Gasteiger partial charge is 0.347 e. The van der Waals surface area contributed by atoms with Crippen molar-refractivity contribution in [2.75, 3.05) is 6.61 Å². The number of hydrogen-bond acceptors (Lipinski definition) is 6. The van der Waals surface area contributed by atoms with Gasteiger partial charge < -0.3 is 9.47 Å². The lowest BCUT2D eigenvalue weighted by Gasteiger charge is -2.12. The Morgan fingerprint density at radius 2 is 1.96 bits per heavy atom. The first kappa shape index (κ1) is 19.1. The Balaban J connectivity index is 1.77. The topological polar surface area (TPSA) is 98.8 Å². The van der Waals surface area contributed by atoms with E-state index in [0.29, 0.717) is 12.0 Å². The van der Waals surface area contributed by atoms with Crippen molar-refractivity contribution in [3.05, 3.63) is 65.2 Å². The summed E-state index contributed by atoms with van der Waals surface area (Å²) in [6, 6.07) is 13.4. The second-order valence-electron chi connectivity index (χ2n) is 6.14. The molecule has 0 aromatic heterocycles. The summed E-state index contributed by atoms with van der Waals surface area (Å²) in [6.07, 6.45) is -0.657. The molecule has 0 saturated carbocycles. The van der Waals surface area contributed by atoms with E-state index < -0.39 is 28.1 Å². The van der Waals surface area contributed by atoms with E-state index in [9.17, 15) is 18.0 Å². The fourth-order valence-electron chi connectivity index (χ4n) is 2.65. The molecule has 142 valence electrons. The van der Waals surface area contributed by atoms with Gasteiger partial charge >= 0.3 is 11.9 Å². The SMILES string of the molecule is Cc1ccc(C(=O)O[C@@H]2CCOC2=O)cc1S(=O)(=O)NCc1ccccc1. The maximum atomic E-state index is 12.7. The quantitative estimate of drug-likeness (QED) is 0.758. The van der Waals surface area contributed by atoms with Crippen molar-refractivity contribution in [3.8, 4) is 0 Å². The molecule has 0 unspecified atom stereocenters. The number of nitrogens with one attached hydrogen (secondary N) is 1. The minimum absolute atomic E-state index is 0.0121. The van der Waals surface area contributed by atoms with E-state index in [-0.39, 0.29) is 23.6 Å². The third-order valence-corrected chi connectivity index (χ3v) is 5.70. The van der Waals surface area contributed by atoms with E-state index in [1.807, 2.05) is 30.3 Å². The van der Waals surface area contributed by atoms with Crippen LogP contribution in [0, 0.1) is 6.92 Å². The highest BCUT2D eigenvalue weighted by Gasteiger charge is 2.31. The highest BCUT2D eigenvalue weighted by molar-refractivity contribution is 7.89. The van der Waals surface area contributed by atoms with Crippen LogP contribution in [0.5, 0.6) is 0 Å². The fraction of sp³-hybridized carbons (Fsp3) is 0.263. The van der Waals surface area contributed by atoms with Crippen LogP contribution >= 0.6 is 0 Å². The van der Waals surface area contributed by atoms with Crippen LogP contribution in [-0.4, -0.2) is 33.1 Å². The third kappa shape index (κ3) is 4.53. The van der Waals surface area contributed by atoms with Crippen molar-refractivity contribution in [3.63, 3.8) is 0 Å². The predicted molar refractivity (Wildman–Crippen MR) is 96.4 cm³/mol. The van der Waals surface area contributed by atoms with Crippen LogP contribution in [0.3, 0.4) is 0 Å². The average Bonchev–Trinajstić information content (AvgIpc) is 3.06. The van der Waals surface area contributed by atoms with Crippen molar-refractivity contribution >= 4 is 22.0 Å². The first-order chi connectivity index (χ1) is 12.9. The Hall–Kier alpha value is -2.71. The second kappa shape index (κ2) is 7.89. The first-order valence-electron chi connectivity index (χ1n) is 8.39. The van der Waals surface area contributed by atoms with E-state index >= 15 is 0 Å². The molecule has 0 spiro atoms. The molecular formula is C19H19NO6S. The van der Waals surface area contributed by atoms with Gasteiger partial charge in [0.25, 0.3) is 0 Å². The van der Waals surface area contributed by atoms with Gasteiger partial charge in [0.15, 0.2) is 0 Å². The molecule has 1 heterocycles. The van der Waals surface area contributed by atoms with E-state index in [0.717, 1.165) is 5.56 Å². The lowest BCUT2D eigenvalue weighted by atomic mass is 10.1. The summed E-state index contributed by atoms with van der Waals surface area (Å²) >= 11 is 0. The maximum absolute atomic E-state index is 12.7. The van der Waals surface area contributed by atoms with Crippen LogP contribution in [0.4, 0.5) is 0 Å². The Morgan fingerprint density at radius 1 is 1.22 bits per heavy atom. The number of ether oxygens (including phenoxy) is 2. The molecule has 1 N–H and O–H groups in total. The zero-order valence-corrected chi connectivity index (χ0v) is 15.5. The molecule has 0 aliphatic carbocycles. The van der Waals surface area contributed by atoms with Gasteiger partial charge in [-0.3, -0.25) is 0 Å². The fourth-order valence-corrected chi connectivity index (χ4v) is 3.94. The van der Waals surface area contributed by atoms with Gasteiger partial charge in [0.05, 0.1) is 17.1 Å². The van der Waals surface area contributed by atoms with Crippen LogP contribution in [0.1, 0.15) is 27.9 Å². The van der Waals surface area contributed by atoms with Crippen molar-refractivity contribution in [2.45, 2.75) is 30.9 Å². The Bertz CT molecular complexity index is 955. The average molecular weight is 389 g/mol.